The van der Waals surface area contributed by atoms with Crippen LogP contribution < -0.4 is 5.73 Å². The third-order valence-corrected chi connectivity index (χ3v) is 2.71. The largest absolute Gasteiger partial charge is 0.327 e. The van der Waals surface area contributed by atoms with Crippen LogP contribution in [0.1, 0.15) is 26.7 Å². The van der Waals surface area contributed by atoms with Gasteiger partial charge in [-0.15, -0.1) is 0 Å². The predicted octanol–water partition coefficient (Wildman–Crippen LogP) is 1.06. The van der Waals surface area contributed by atoms with Crippen LogP contribution in [-0.2, 0) is 0 Å². The molecule has 1 aliphatic rings. The quantitative estimate of drug-likeness (QED) is 0.659. The molecular weight excluding hydrogens is 136 g/mol. The second-order valence-electron chi connectivity index (χ2n) is 4.02. The van der Waals surface area contributed by atoms with Crippen LogP contribution in [0.25, 0.3) is 0 Å². The highest BCUT2D eigenvalue weighted by Crippen LogP contribution is 2.31. The van der Waals surface area contributed by atoms with Crippen molar-refractivity contribution in [3.8, 4) is 0 Å². The predicted molar refractivity (Wildman–Crippen MR) is 48.5 cm³/mol. The summed E-state index contributed by atoms with van der Waals surface area (Å²) in [7, 11) is 2.18. The molecule has 2 N–H and O–H groups in total. The minimum absolute atomic E-state index is 0.524. The Labute approximate surface area is 69.8 Å². The van der Waals surface area contributed by atoms with Crippen LogP contribution in [0, 0.1) is 5.92 Å². The van der Waals surface area contributed by atoms with E-state index in [0.29, 0.717) is 12.1 Å². The van der Waals surface area contributed by atoms with E-state index in [4.69, 9.17) is 5.73 Å². The van der Waals surface area contributed by atoms with Gasteiger partial charge in [-0.25, -0.2) is 0 Å². The van der Waals surface area contributed by atoms with E-state index in [9.17, 15) is 0 Å². The molecule has 1 aliphatic carbocycles. The summed E-state index contributed by atoms with van der Waals surface area (Å²) in [5.74, 6) is 0.830. The Morgan fingerprint density at radius 1 is 1.55 bits per heavy atom. The van der Waals surface area contributed by atoms with Gasteiger partial charge < -0.3 is 10.6 Å². The highest BCUT2D eigenvalue weighted by Gasteiger charge is 2.32. The first-order valence-corrected chi connectivity index (χ1v) is 4.57. The molecule has 2 nitrogen and oxygen atoms in total. The van der Waals surface area contributed by atoms with E-state index in [-0.39, 0.29) is 0 Å². The zero-order valence-electron chi connectivity index (χ0n) is 7.88. The van der Waals surface area contributed by atoms with E-state index < -0.39 is 0 Å². The van der Waals surface area contributed by atoms with E-state index in [0.717, 1.165) is 5.92 Å². The van der Waals surface area contributed by atoms with Gasteiger partial charge in [-0.1, -0.05) is 0 Å². The summed E-state index contributed by atoms with van der Waals surface area (Å²) in [6.45, 7) is 5.66. The van der Waals surface area contributed by atoms with Crippen molar-refractivity contribution in [2.45, 2.75) is 38.8 Å². The van der Waals surface area contributed by atoms with E-state index in [2.05, 4.69) is 25.8 Å². The highest BCUT2D eigenvalue weighted by atomic mass is 15.1. The molecule has 1 fully saturated rings. The molecule has 0 bridgehead atoms. The standard InChI is InChI=1S/C9H20N2/c1-7(2)11(3)5-4-8-6-9(8)10/h7-9H,4-6,10H2,1-3H3. The SMILES string of the molecule is CC(C)N(C)CCC1CC1N. The topological polar surface area (TPSA) is 29.3 Å². The first kappa shape index (κ1) is 9.01. The number of rotatable bonds is 4. The zero-order valence-corrected chi connectivity index (χ0v) is 7.88. The third kappa shape index (κ3) is 2.80. The van der Waals surface area contributed by atoms with Crippen molar-refractivity contribution in [2.24, 2.45) is 11.7 Å². The lowest BCUT2D eigenvalue weighted by Gasteiger charge is -2.20. The smallest absolute Gasteiger partial charge is 0.00714 e. The molecule has 1 rings (SSSR count). The lowest BCUT2D eigenvalue weighted by Crippen LogP contribution is -2.27. The summed E-state index contributed by atoms with van der Waals surface area (Å²) in [6.07, 6.45) is 2.54. The lowest BCUT2D eigenvalue weighted by atomic mass is 10.2. The summed E-state index contributed by atoms with van der Waals surface area (Å²) in [4.78, 5) is 2.38. The molecule has 66 valence electrons. The van der Waals surface area contributed by atoms with Crippen LogP contribution in [0.3, 0.4) is 0 Å². The number of nitrogens with zero attached hydrogens (tertiary/aromatic N) is 1. The molecule has 0 aromatic carbocycles. The van der Waals surface area contributed by atoms with Crippen LogP contribution in [-0.4, -0.2) is 30.6 Å². The second-order valence-corrected chi connectivity index (χ2v) is 4.02. The Kier molecular flexibility index (Phi) is 2.90. The van der Waals surface area contributed by atoms with Gasteiger partial charge in [-0.05, 0) is 46.2 Å². The monoisotopic (exact) mass is 156 g/mol. The maximum Gasteiger partial charge on any atom is 0.00714 e. The molecule has 0 aliphatic heterocycles. The molecule has 2 heteroatoms. The molecule has 0 saturated heterocycles. The van der Waals surface area contributed by atoms with Crippen molar-refractivity contribution in [3.63, 3.8) is 0 Å². The molecule has 0 aromatic heterocycles. The minimum atomic E-state index is 0.524. The molecular formula is C9H20N2. The fourth-order valence-corrected chi connectivity index (χ4v) is 1.23. The summed E-state index contributed by atoms with van der Waals surface area (Å²) in [6, 6.07) is 1.19. The van der Waals surface area contributed by atoms with Gasteiger partial charge in [0.15, 0.2) is 0 Å². The molecule has 2 unspecified atom stereocenters. The van der Waals surface area contributed by atoms with E-state index in [1.807, 2.05) is 0 Å². The van der Waals surface area contributed by atoms with Crippen molar-refractivity contribution < 1.29 is 0 Å². The van der Waals surface area contributed by atoms with Gasteiger partial charge in [-0.2, -0.15) is 0 Å². The van der Waals surface area contributed by atoms with Gasteiger partial charge in [0, 0.05) is 12.1 Å². The Morgan fingerprint density at radius 2 is 2.09 bits per heavy atom. The van der Waals surface area contributed by atoms with Crippen molar-refractivity contribution >= 4 is 0 Å². The normalized spacial score (nSPS) is 30.0. The average molecular weight is 156 g/mol. The molecule has 2 atom stereocenters. The van der Waals surface area contributed by atoms with Gasteiger partial charge in [0.2, 0.25) is 0 Å². The van der Waals surface area contributed by atoms with Crippen LogP contribution in [0.5, 0.6) is 0 Å². The molecule has 11 heavy (non-hydrogen) atoms. The minimum Gasteiger partial charge on any atom is -0.327 e. The Balaban J connectivity index is 2.03. The zero-order chi connectivity index (χ0) is 8.43. The molecule has 0 heterocycles. The average Bonchev–Trinajstić information content (AvgIpc) is 2.61. The van der Waals surface area contributed by atoms with E-state index >= 15 is 0 Å². The lowest BCUT2D eigenvalue weighted by molar-refractivity contribution is 0.265. The van der Waals surface area contributed by atoms with Crippen LogP contribution in [0.2, 0.25) is 0 Å². The molecule has 0 radical (unpaired) electrons. The number of hydrogen-bond acceptors (Lipinski definition) is 2. The second kappa shape index (κ2) is 3.55. The van der Waals surface area contributed by atoms with Crippen molar-refractivity contribution in [1.29, 1.82) is 0 Å². The molecule has 0 amide bonds. The summed E-state index contributed by atoms with van der Waals surface area (Å²) < 4.78 is 0. The van der Waals surface area contributed by atoms with Crippen LogP contribution >= 0.6 is 0 Å². The highest BCUT2D eigenvalue weighted by molar-refractivity contribution is 4.90. The first-order chi connectivity index (χ1) is 5.11. The van der Waals surface area contributed by atoms with Crippen LogP contribution in [0.4, 0.5) is 0 Å². The van der Waals surface area contributed by atoms with Crippen molar-refractivity contribution in [3.05, 3.63) is 0 Å². The molecule has 0 aromatic rings. The van der Waals surface area contributed by atoms with Crippen LogP contribution in [0.15, 0.2) is 0 Å². The van der Waals surface area contributed by atoms with Gasteiger partial charge in [0.25, 0.3) is 0 Å². The summed E-state index contributed by atoms with van der Waals surface area (Å²) in [5, 5.41) is 0. The Hall–Kier alpha value is -0.0800. The number of hydrogen-bond donors (Lipinski definition) is 1. The Morgan fingerprint density at radius 3 is 2.45 bits per heavy atom. The summed E-state index contributed by atoms with van der Waals surface area (Å²) in [5.41, 5.74) is 5.71. The van der Waals surface area contributed by atoms with Gasteiger partial charge in [0.1, 0.15) is 0 Å². The van der Waals surface area contributed by atoms with Gasteiger partial charge in [-0.3, -0.25) is 0 Å². The Bertz CT molecular complexity index is 123. The maximum atomic E-state index is 5.71. The van der Waals surface area contributed by atoms with Crippen molar-refractivity contribution in [2.75, 3.05) is 13.6 Å². The van der Waals surface area contributed by atoms with Gasteiger partial charge in [0.05, 0.1) is 0 Å². The maximum absolute atomic E-state index is 5.71. The molecule has 0 spiro atoms. The van der Waals surface area contributed by atoms with Crippen molar-refractivity contribution in [1.82, 2.24) is 4.90 Å². The number of nitrogens with two attached hydrogens (primary N) is 1. The van der Waals surface area contributed by atoms with Gasteiger partial charge >= 0.3 is 0 Å². The fraction of sp³-hybridized carbons (Fsp3) is 1.00. The summed E-state index contributed by atoms with van der Waals surface area (Å²) >= 11 is 0. The fourth-order valence-electron chi connectivity index (χ4n) is 1.23. The van der Waals surface area contributed by atoms with E-state index in [1.165, 1.54) is 19.4 Å². The molecule has 1 saturated carbocycles. The third-order valence-electron chi connectivity index (χ3n) is 2.71. The van der Waals surface area contributed by atoms with E-state index in [1.54, 1.807) is 0 Å². The first-order valence-electron chi connectivity index (χ1n) is 4.57.